The highest BCUT2D eigenvalue weighted by Gasteiger charge is 2.34. The molecule has 0 aromatic rings. The second-order valence-electron chi connectivity index (χ2n) is 3.63. The number of alkyl halides is 1. The molecule has 0 bridgehead atoms. The highest BCUT2D eigenvalue weighted by Crippen LogP contribution is 2.27. The highest BCUT2D eigenvalue weighted by atomic mass is 79.9. The number of thioether (sulfide) groups is 1. The summed E-state index contributed by atoms with van der Waals surface area (Å²) >= 11 is 5.42. The molecule has 74 valence electrons. The molecule has 1 unspecified atom stereocenters. The van der Waals surface area contributed by atoms with E-state index in [0.29, 0.717) is 11.9 Å². The standard InChI is InChI=1S/C9H14BrNOS/c10-8-1-4-11(9(8)12)7-2-5-13-6-3-7/h7-8H,1-6H2. The third-order valence-electron chi connectivity index (χ3n) is 2.81. The van der Waals surface area contributed by atoms with Gasteiger partial charge in [-0.1, -0.05) is 15.9 Å². The summed E-state index contributed by atoms with van der Waals surface area (Å²) < 4.78 is 0. The molecule has 1 amide bonds. The predicted octanol–water partition coefficient (Wildman–Crippen LogP) is 1.88. The lowest BCUT2D eigenvalue weighted by atomic mass is 10.1. The fourth-order valence-corrected chi connectivity index (χ4v) is 3.57. The molecular weight excluding hydrogens is 250 g/mol. The minimum atomic E-state index is 0.0991. The Morgan fingerprint density at radius 1 is 1.31 bits per heavy atom. The van der Waals surface area contributed by atoms with Crippen LogP contribution in [0.2, 0.25) is 0 Å². The van der Waals surface area contributed by atoms with Gasteiger partial charge in [0.05, 0.1) is 4.83 Å². The van der Waals surface area contributed by atoms with Gasteiger partial charge < -0.3 is 4.90 Å². The van der Waals surface area contributed by atoms with Gasteiger partial charge in [0.15, 0.2) is 0 Å². The zero-order valence-electron chi connectivity index (χ0n) is 7.54. The van der Waals surface area contributed by atoms with Gasteiger partial charge in [0, 0.05) is 12.6 Å². The van der Waals surface area contributed by atoms with Crippen molar-refractivity contribution in [3.63, 3.8) is 0 Å². The Kier molecular flexibility index (Phi) is 3.19. The van der Waals surface area contributed by atoms with Crippen molar-refractivity contribution in [3.8, 4) is 0 Å². The topological polar surface area (TPSA) is 20.3 Å². The molecule has 2 aliphatic heterocycles. The van der Waals surface area contributed by atoms with Crippen molar-refractivity contribution >= 4 is 33.6 Å². The molecule has 1 atom stereocenters. The summed E-state index contributed by atoms with van der Waals surface area (Å²) in [5.41, 5.74) is 0. The largest absolute Gasteiger partial charge is 0.339 e. The van der Waals surface area contributed by atoms with Gasteiger partial charge in [0.2, 0.25) is 5.91 Å². The molecule has 0 aromatic carbocycles. The fourth-order valence-electron chi connectivity index (χ4n) is 2.03. The lowest BCUT2D eigenvalue weighted by Crippen LogP contribution is -2.39. The number of amides is 1. The summed E-state index contributed by atoms with van der Waals surface area (Å²) in [5, 5.41) is 0. The third-order valence-corrected chi connectivity index (χ3v) is 4.70. The van der Waals surface area contributed by atoms with Crippen LogP contribution in [0, 0.1) is 0 Å². The van der Waals surface area contributed by atoms with E-state index in [1.165, 1.54) is 24.3 Å². The zero-order chi connectivity index (χ0) is 9.26. The van der Waals surface area contributed by atoms with Crippen molar-refractivity contribution < 1.29 is 4.79 Å². The minimum Gasteiger partial charge on any atom is -0.339 e. The molecule has 13 heavy (non-hydrogen) atoms. The Morgan fingerprint density at radius 3 is 2.54 bits per heavy atom. The van der Waals surface area contributed by atoms with Crippen LogP contribution in [0.5, 0.6) is 0 Å². The van der Waals surface area contributed by atoms with Crippen LogP contribution in [0.3, 0.4) is 0 Å². The maximum absolute atomic E-state index is 11.7. The van der Waals surface area contributed by atoms with Crippen LogP contribution in [0.1, 0.15) is 19.3 Å². The van der Waals surface area contributed by atoms with Gasteiger partial charge in [-0.05, 0) is 30.8 Å². The van der Waals surface area contributed by atoms with Crippen LogP contribution in [0.4, 0.5) is 0 Å². The molecule has 2 rings (SSSR count). The van der Waals surface area contributed by atoms with Crippen molar-refractivity contribution in [1.82, 2.24) is 4.90 Å². The number of halogens is 1. The summed E-state index contributed by atoms with van der Waals surface area (Å²) in [6.07, 6.45) is 3.37. The first-order valence-corrected chi connectivity index (χ1v) is 6.88. The van der Waals surface area contributed by atoms with E-state index in [1.807, 2.05) is 11.8 Å². The molecular formula is C9H14BrNOS. The predicted molar refractivity (Wildman–Crippen MR) is 59.4 cm³/mol. The molecule has 4 heteroatoms. The molecule has 0 N–H and O–H groups in total. The summed E-state index contributed by atoms with van der Waals surface area (Å²) in [7, 11) is 0. The number of rotatable bonds is 1. The normalized spacial score (nSPS) is 31.3. The Bertz CT molecular complexity index is 206. The van der Waals surface area contributed by atoms with Gasteiger partial charge in [0.1, 0.15) is 0 Å². The van der Waals surface area contributed by atoms with E-state index in [1.54, 1.807) is 0 Å². The molecule has 2 saturated heterocycles. The average molecular weight is 264 g/mol. The van der Waals surface area contributed by atoms with Crippen molar-refractivity contribution in [2.24, 2.45) is 0 Å². The van der Waals surface area contributed by atoms with E-state index in [9.17, 15) is 4.79 Å². The van der Waals surface area contributed by atoms with Crippen LogP contribution in [-0.4, -0.2) is 39.7 Å². The van der Waals surface area contributed by atoms with E-state index in [0.717, 1.165) is 13.0 Å². The molecule has 2 heterocycles. The lowest BCUT2D eigenvalue weighted by molar-refractivity contribution is -0.129. The van der Waals surface area contributed by atoms with Gasteiger partial charge in [-0.3, -0.25) is 4.79 Å². The fraction of sp³-hybridized carbons (Fsp3) is 0.889. The first kappa shape index (κ1) is 9.84. The van der Waals surface area contributed by atoms with Crippen molar-refractivity contribution in [1.29, 1.82) is 0 Å². The van der Waals surface area contributed by atoms with Crippen LogP contribution >= 0.6 is 27.7 Å². The maximum Gasteiger partial charge on any atom is 0.236 e. The van der Waals surface area contributed by atoms with E-state index < -0.39 is 0 Å². The maximum atomic E-state index is 11.7. The lowest BCUT2D eigenvalue weighted by Gasteiger charge is -2.30. The summed E-state index contributed by atoms with van der Waals surface area (Å²) in [6.45, 7) is 0.962. The second-order valence-corrected chi connectivity index (χ2v) is 5.96. The molecule has 0 spiro atoms. The van der Waals surface area contributed by atoms with Crippen molar-refractivity contribution in [3.05, 3.63) is 0 Å². The second kappa shape index (κ2) is 4.22. The summed E-state index contributed by atoms with van der Waals surface area (Å²) in [5.74, 6) is 2.76. The number of carbonyl (C=O) groups is 1. The highest BCUT2D eigenvalue weighted by molar-refractivity contribution is 9.10. The van der Waals surface area contributed by atoms with Crippen LogP contribution in [0.25, 0.3) is 0 Å². The van der Waals surface area contributed by atoms with Crippen LogP contribution < -0.4 is 0 Å². The smallest absolute Gasteiger partial charge is 0.236 e. The summed E-state index contributed by atoms with van der Waals surface area (Å²) in [4.78, 5) is 13.9. The number of nitrogens with zero attached hydrogens (tertiary/aromatic N) is 1. The number of hydrogen-bond donors (Lipinski definition) is 0. The number of carbonyl (C=O) groups excluding carboxylic acids is 1. The van der Waals surface area contributed by atoms with Crippen LogP contribution in [-0.2, 0) is 4.79 Å². The quantitative estimate of drug-likeness (QED) is 0.674. The Hall–Kier alpha value is 0.300. The van der Waals surface area contributed by atoms with Gasteiger partial charge in [0.25, 0.3) is 0 Å². The van der Waals surface area contributed by atoms with Gasteiger partial charge in [-0.25, -0.2) is 0 Å². The first-order chi connectivity index (χ1) is 6.29. The molecule has 0 aliphatic carbocycles. The van der Waals surface area contributed by atoms with Gasteiger partial charge in [-0.2, -0.15) is 11.8 Å². The van der Waals surface area contributed by atoms with Crippen molar-refractivity contribution in [2.45, 2.75) is 30.1 Å². The van der Waals surface area contributed by atoms with Gasteiger partial charge >= 0.3 is 0 Å². The number of likely N-dealkylation sites (tertiary alicyclic amines) is 1. The average Bonchev–Trinajstić information content (AvgIpc) is 2.49. The Balaban J connectivity index is 1.96. The Morgan fingerprint density at radius 2 is 2.00 bits per heavy atom. The summed E-state index contributed by atoms with van der Waals surface area (Å²) in [6, 6.07) is 0.538. The Labute approximate surface area is 91.6 Å². The minimum absolute atomic E-state index is 0.0991. The molecule has 0 saturated carbocycles. The van der Waals surface area contributed by atoms with Gasteiger partial charge in [-0.15, -0.1) is 0 Å². The molecule has 2 nitrogen and oxygen atoms in total. The van der Waals surface area contributed by atoms with Crippen molar-refractivity contribution in [2.75, 3.05) is 18.1 Å². The molecule has 2 aliphatic rings. The zero-order valence-corrected chi connectivity index (χ0v) is 9.94. The number of hydrogen-bond acceptors (Lipinski definition) is 2. The first-order valence-electron chi connectivity index (χ1n) is 4.81. The monoisotopic (exact) mass is 263 g/mol. The van der Waals surface area contributed by atoms with E-state index >= 15 is 0 Å². The third kappa shape index (κ3) is 2.04. The molecule has 0 radical (unpaired) electrons. The van der Waals surface area contributed by atoms with E-state index in [2.05, 4.69) is 20.8 Å². The SMILES string of the molecule is O=C1C(Br)CCN1C1CCSCC1. The van der Waals surface area contributed by atoms with E-state index in [-0.39, 0.29) is 4.83 Å². The molecule has 2 fully saturated rings. The van der Waals surface area contributed by atoms with Crippen LogP contribution in [0.15, 0.2) is 0 Å². The van der Waals surface area contributed by atoms with E-state index in [4.69, 9.17) is 0 Å². The molecule has 0 aromatic heterocycles.